The summed E-state index contributed by atoms with van der Waals surface area (Å²) in [6.45, 7) is 8.85. The van der Waals surface area contributed by atoms with Gasteiger partial charge in [-0.25, -0.2) is 13.1 Å². The first-order chi connectivity index (χ1) is 9.83. The van der Waals surface area contributed by atoms with Gasteiger partial charge >= 0.3 is 0 Å². The molecule has 5 nitrogen and oxygen atoms in total. The zero-order valence-electron chi connectivity index (χ0n) is 13.4. The van der Waals surface area contributed by atoms with Crippen LogP contribution in [0, 0.1) is 6.92 Å². The molecule has 0 unspecified atom stereocenters. The van der Waals surface area contributed by atoms with Crippen molar-refractivity contribution in [1.29, 1.82) is 0 Å². The van der Waals surface area contributed by atoms with E-state index in [0.29, 0.717) is 19.0 Å². The Morgan fingerprint density at radius 1 is 1.29 bits per heavy atom. The molecule has 1 rings (SSSR count). The van der Waals surface area contributed by atoms with E-state index in [1.54, 1.807) is 12.1 Å². The van der Waals surface area contributed by atoms with Crippen LogP contribution in [0.15, 0.2) is 17.0 Å². The third-order valence-corrected chi connectivity index (χ3v) is 4.62. The summed E-state index contributed by atoms with van der Waals surface area (Å²) < 4.78 is 37.8. The van der Waals surface area contributed by atoms with Gasteiger partial charge in [-0.3, -0.25) is 0 Å². The van der Waals surface area contributed by atoms with Crippen molar-refractivity contribution < 1.29 is 17.9 Å². The molecular weight excluding hydrogens is 290 g/mol. The molecule has 0 amide bonds. The summed E-state index contributed by atoms with van der Waals surface area (Å²) in [6, 6.07) is 3.50. The number of nitrogens with one attached hydrogen (secondary N) is 1. The van der Waals surface area contributed by atoms with Gasteiger partial charge < -0.3 is 9.47 Å². The maximum absolute atomic E-state index is 12.4. The molecule has 0 radical (unpaired) electrons. The molecule has 6 heteroatoms. The maximum Gasteiger partial charge on any atom is 0.244 e. The predicted molar refractivity (Wildman–Crippen MR) is 83.5 cm³/mol. The average molecular weight is 315 g/mol. The monoisotopic (exact) mass is 315 g/mol. The summed E-state index contributed by atoms with van der Waals surface area (Å²) in [6.07, 6.45) is 0. The Kier molecular flexibility index (Phi) is 6.64. The van der Waals surface area contributed by atoms with Crippen molar-refractivity contribution >= 4 is 10.0 Å². The quantitative estimate of drug-likeness (QED) is 0.748. The Bertz CT molecular complexity index is 567. The molecule has 0 aliphatic carbocycles. The molecule has 0 spiro atoms. The van der Waals surface area contributed by atoms with E-state index in [9.17, 15) is 8.42 Å². The van der Waals surface area contributed by atoms with Crippen molar-refractivity contribution in [2.24, 2.45) is 0 Å². The minimum Gasteiger partial charge on any atom is -0.492 e. The molecule has 0 atom stereocenters. The van der Waals surface area contributed by atoms with Crippen LogP contribution in [0.3, 0.4) is 0 Å². The summed E-state index contributed by atoms with van der Waals surface area (Å²) in [5.74, 6) is 0.637. The number of ether oxygens (including phenoxy) is 2. The Labute approximate surface area is 127 Å². The number of aryl methyl sites for hydroxylation is 1. The second-order valence-corrected chi connectivity index (χ2v) is 6.87. The molecule has 0 heterocycles. The number of hydrogen-bond acceptors (Lipinski definition) is 4. The molecule has 0 aliphatic heterocycles. The number of hydrogen-bond donors (Lipinski definition) is 1. The van der Waals surface area contributed by atoms with E-state index < -0.39 is 10.0 Å². The lowest BCUT2D eigenvalue weighted by atomic mass is 9.98. The molecule has 0 aromatic heterocycles. The summed E-state index contributed by atoms with van der Waals surface area (Å²) in [4.78, 5) is 0.190. The Morgan fingerprint density at radius 3 is 2.48 bits per heavy atom. The number of methoxy groups -OCH3 is 1. The van der Waals surface area contributed by atoms with Gasteiger partial charge in [-0.1, -0.05) is 13.8 Å². The third kappa shape index (κ3) is 4.69. The van der Waals surface area contributed by atoms with Gasteiger partial charge in [0.25, 0.3) is 0 Å². The van der Waals surface area contributed by atoms with Crippen molar-refractivity contribution in [3.05, 3.63) is 23.3 Å². The van der Waals surface area contributed by atoms with Crippen LogP contribution in [0.4, 0.5) is 0 Å². The first kappa shape index (κ1) is 17.9. The fourth-order valence-corrected chi connectivity index (χ4v) is 3.31. The van der Waals surface area contributed by atoms with Crippen LogP contribution in [0.25, 0.3) is 0 Å². The highest BCUT2D eigenvalue weighted by atomic mass is 32.2. The Hall–Kier alpha value is -1.11. The Morgan fingerprint density at radius 2 is 1.95 bits per heavy atom. The molecule has 21 heavy (non-hydrogen) atoms. The van der Waals surface area contributed by atoms with E-state index in [0.717, 1.165) is 11.1 Å². The van der Waals surface area contributed by atoms with E-state index in [1.165, 1.54) is 7.11 Å². The molecule has 1 aromatic carbocycles. The summed E-state index contributed by atoms with van der Waals surface area (Å²) >= 11 is 0. The van der Waals surface area contributed by atoms with Crippen LogP contribution in [-0.4, -0.2) is 35.3 Å². The van der Waals surface area contributed by atoms with Crippen LogP contribution in [-0.2, 0) is 14.8 Å². The molecule has 0 fully saturated rings. The average Bonchev–Trinajstić information content (AvgIpc) is 2.38. The fourth-order valence-electron chi connectivity index (χ4n) is 2.13. The molecular formula is C15H25NO4S. The van der Waals surface area contributed by atoms with E-state index in [4.69, 9.17) is 9.47 Å². The molecule has 1 aromatic rings. The molecule has 0 saturated heterocycles. The highest BCUT2D eigenvalue weighted by molar-refractivity contribution is 7.89. The van der Waals surface area contributed by atoms with Gasteiger partial charge in [-0.2, -0.15) is 0 Å². The molecule has 120 valence electrons. The second kappa shape index (κ2) is 7.77. The number of rotatable bonds is 8. The van der Waals surface area contributed by atoms with Crippen LogP contribution in [0.2, 0.25) is 0 Å². The van der Waals surface area contributed by atoms with Gasteiger partial charge in [0.2, 0.25) is 10.0 Å². The lowest BCUT2D eigenvalue weighted by Crippen LogP contribution is -2.28. The van der Waals surface area contributed by atoms with Crippen molar-refractivity contribution in [3.8, 4) is 5.75 Å². The van der Waals surface area contributed by atoms with Crippen LogP contribution in [0.5, 0.6) is 5.75 Å². The molecule has 1 N–H and O–H groups in total. The molecule has 0 bridgehead atoms. The Balaban J connectivity index is 3.27. The molecule has 0 aliphatic rings. The number of benzene rings is 1. The lowest BCUT2D eigenvalue weighted by Gasteiger charge is -2.17. The SMILES string of the molecule is CCOc1cc(C)c(C(C)C)cc1S(=O)(=O)NCCOC. The van der Waals surface area contributed by atoms with E-state index >= 15 is 0 Å². The van der Waals surface area contributed by atoms with Gasteiger partial charge in [-0.05, 0) is 43.0 Å². The van der Waals surface area contributed by atoms with E-state index in [2.05, 4.69) is 4.72 Å². The van der Waals surface area contributed by atoms with Crippen LogP contribution < -0.4 is 9.46 Å². The van der Waals surface area contributed by atoms with Gasteiger partial charge in [0.05, 0.1) is 13.2 Å². The third-order valence-electron chi connectivity index (χ3n) is 3.14. The minimum atomic E-state index is -3.61. The summed E-state index contributed by atoms with van der Waals surface area (Å²) in [5, 5.41) is 0. The summed E-state index contributed by atoms with van der Waals surface area (Å²) in [5.41, 5.74) is 2.04. The molecule has 0 saturated carbocycles. The topological polar surface area (TPSA) is 64.6 Å². The maximum atomic E-state index is 12.4. The highest BCUT2D eigenvalue weighted by Gasteiger charge is 2.22. The van der Waals surface area contributed by atoms with Gasteiger partial charge in [0.15, 0.2) is 0 Å². The fraction of sp³-hybridized carbons (Fsp3) is 0.600. The van der Waals surface area contributed by atoms with Crippen molar-refractivity contribution in [2.75, 3.05) is 26.9 Å². The van der Waals surface area contributed by atoms with E-state index in [1.807, 2.05) is 27.7 Å². The first-order valence-electron chi connectivity index (χ1n) is 7.09. The smallest absolute Gasteiger partial charge is 0.244 e. The minimum absolute atomic E-state index is 0.190. The zero-order valence-corrected chi connectivity index (χ0v) is 14.2. The van der Waals surface area contributed by atoms with Crippen molar-refractivity contribution in [3.63, 3.8) is 0 Å². The predicted octanol–water partition coefficient (Wildman–Crippen LogP) is 2.44. The largest absolute Gasteiger partial charge is 0.492 e. The van der Waals surface area contributed by atoms with E-state index in [-0.39, 0.29) is 17.4 Å². The second-order valence-electron chi connectivity index (χ2n) is 5.13. The lowest BCUT2D eigenvalue weighted by molar-refractivity contribution is 0.204. The van der Waals surface area contributed by atoms with Gasteiger partial charge in [-0.15, -0.1) is 0 Å². The van der Waals surface area contributed by atoms with Crippen molar-refractivity contribution in [2.45, 2.75) is 38.5 Å². The van der Waals surface area contributed by atoms with Crippen molar-refractivity contribution in [1.82, 2.24) is 4.72 Å². The zero-order chi connectivity index (χ0) is 16.0. The highest BCUT2D eigenvalue weighted by Crippen LogP contribution is 2.31. The number of sulfonamides is 1. The van der Waals surface area contributed by atoms with Crippen LogP contribution >= 0.6 is 0 Å². The van der Waals surface area contributed by atoms with Gasteiger partial charge in [0.1, 0.15) is 10.6 Å². The standard InChI is InChI=1S/C15H25NO4S/c1-6-20-14-9-12(4)13(11(2)3)10-15(14)21(17,18)16-7-8-19-5/h9-11,16H,6-8H2,1-5H3. The van der Waals surface area contributed by atoms with Gasteiger partial charge in [0, 0.05) is 13.7 Å². The summed E-state index contributed by atoms with van der Waals surface area (Å²) in [7, 11) is -2.08. The first-order valence-corrected chi connectivity index (χ1v) is 8.57. The van der Waals surface area contributed by atoms with Crippen LogP contribution in [0.1, 0.15) is 37.8 Å². The normalized spacial score (nSPS) is 11.9.